The molecule has 0 bridgehead atoms. The molecule has 0 spiro atoms. The lowest BCUT2D eigenvalue weighted by atomic mass is 10.1. The fraction of sp³-hybridized carbons (Fsp3) is 0.118. The van der Waals surface area contributed by atoms with Crippen LogP contribution in [0.3, 0.4) is 0 Å². The summed E-state index contributed by atoms with van der Waals surface area (Å²) in [4.78, 5) is 11.9. The van der Waals surface area contributed by atoms with Crippen LogP contribution in [-0.4, -0.2) is 22.2 Å². The van der Waals surface area contributed by atoms with Crippen molar-refractivity contribution in [3.63, 3.8) is 0 Å². The predicted molar refractivity (Wildman–Crippen MR) is 95.1 cm³/mol. The van der Waals surface area contributed by atoms with Crippen molar-refractivity contribution in [2.75, 3.05) is 6.54 Å². The largest absolute Gasteiger partial charge is 0.348 e. The highest BCUT2D eigenvalue weighted by atomic mass is 35.5. The first-order valence-corrected chi connectivity index (χ1v) is 7.75. The van der Waals surface area contributed by atoms with Gasteiger partial charge in [-0.2, -0.15) is 10.4 Å². The summed E-state index contributed by atoms with van der Waals surface area (Å²) in [6.45, 7) is 5.54. The highest BCUT2D eigenvalue weighted by Gasteiger charge is 2.16. The Morgan fingerprint density at radius 1 is 1.42 bits per heavy atom. The third-order valence-electron chi connectivity index (χ3n) is 3.18. The Morgan fingerprint density at radius 2 is 2.08 bits per heavy atom. The molecule has 1 aromatic heterocycles. The van der Waals surface area contributed by atoms with Crippen LogP contribution in [0.25, 0.3) is 11.8 Å². The zero-order chi connectivity index (χ0) is 17.7. The second-order valence-electron chi connectivity index (χ2n) is 4.85. The van der Waals surface area contributed by atoms with Gasteiger partial charge in [0.1, 0.15) is 16.8 Å². The minimum atomic E-state index is -0.493. The van der Waals surface area contributed by atoms with E-state index in [0.717, 1.165) is 5.69 Å². The van der Waals surface area contributed by atoms with Gasteiger partial charge in [-0.25, -0.2) is 4.68 Å². The van der Waals surface area contributed by atoms with Crippen molar-refractivity contribution in [2.24, 2.45) is 0 Å². The maximum atomic E-state index is 11.9. The predicted octanol–water partition coefficient (Wildman–Crippen LogP) is 3.70. The van der Waals surface area contributed by atoms with Crippen LogP contribution >= 0.6 is 23.2 Å². The van der Waals surface area contributed by atoms with Crippen LogP contribution in [0.15, 0.2) is 42.5 Å². The number of amides is 1. The Bertz CT molecular complexity index is 845. The van der Waals surface area contributed by atoms with Gasteiger partial charge in [-0.3, -0.25) is 4.79 Å². The number of benzene rings is 1. The Labute approximate surface area is 149 Å². The number of carbonyl (C=O) groups excluding carboxylic acids is 1. The van der Waals surface area contributed by atoms with Gasteiger partial charge in [0.15, 0.2) is 0 Å². The number of nitrogens with one attached hydrogen (secondary N) is 1. The molecule has 0 saturated heterocycles. The first-order valence-electron chi connectivity index (χ1n) is 7.00. The molecule has 0 radical (unpaired) electrons. The normalized spacial score (nSPS) is 11.0. The average molecular weight is 361 g/mol. The van der Waals surface area contributed by atoms with Gasteiger partial charge >= 0.3 is 0 Å². The lowest BCUT2D eigenvalue weighted by Crippen LogP contribution is -2.24. The summed E-state index contributed by atoms with van der Waals surface area (Å²) in [6.07, 6.45) is 2.96. The second-order valence-corrected chi connectivity index (χ2v) is 5.64. The number of aromatic nitrogens is 2. The van der Waals surface area contributed by atoms with Gasteiger partial charge in [-0.15, -0.1) is 6.58 Å². The van der Waals surface area contributed by atoms with Crippen LogP contribution in [0.4, 0.5) is 0 Å². The molecule has 2 aromatic rings. The number of hydrogen-bond donors (Lipinski definition) is 1. The van der Waals surface area contributed by atoms with Crippen LogP contribution in [0.5, 0.6) is 0 Å². The molecule has 0 saturated carbocycles. The van der Waals surface area contributed by atoms with Crippen LogP contribution < -0.4 is 5.32 Å². The minimum absolute atomic E-state index is 0.0579. The van der Waals surface area contributed by atoms with E-state index in [0.29, 0.717) is 21.4 Å². The third kappa shape index (κ3) is 3.85. The molecule has 7 heteroatoms. The van der Waals surface area contributed by atoms with Gasteiger partial charge < -0.3 is 5.32 Å². The van der Waals surface area contributed by atoms with Crippen molar-refractivity contribution in [2.45, 2.75) is 6.92 Å². The summed E-state index contributed by atoms with van der Waals surface area (Å²) in [6, 6.07) is 8.87. The van der Waals surface area contributed by atoms with Crippen molar-refractivity contribution in [1.29, 1.82) is 5.26 Å². The number of rotatable bonds is 5. The standard InChI is InChI=1S/C17H14Cl2N4O/c1-3-8-21-17(24)12(10-20)9-15-11(2)22-23(16(15)19)14-6-4-13(18)5-7-14/h3-7,9H,1,8H2,2H3,(H,21,24)/b12-9+. The van der Waals surface area contributed by atoms with E-state index in [1.54, 1.807) is 31.2 Å². The molecule has 1 N–H and O–H groups in total. The Morgan fingerprint density at radius 3 is 2.67 bits per heavy atom. The van der Waals surface area contributed by atoms with Crippen molar-refractivity contribution in [3.8, 4) is 11.8 Å². The second kappa shape index (κ2) is 7.82. The first-order chi connectivity index (χ1) is 11.5. The summed E-state index contributed by atoms with van der Waals surface area (Å²) < 4.78 is 1.52. The molecule has 0 aliphatic heterocycles. The van der Waals surface area contributed by atoms with E-state index in [9.17, 15) is 10.1 Å². The van der Waals surface area contributed by atoms with Crippen molar-refractivity contribution < 1.29 is 4.79 Å². The van der Waals surface area contributed by atoms with E-state index in [1.165, 1.54) is 16.8 Å². The van der Waals surface area contributed by atoms with E-state index in [-0.39, 0.29) is 12.1 Å². The van der Waals surface area contributed by atoms with E-state index < -0.39 is 5.91 Å². The van der Waals surface area contributed by atoms with Crippen LogP contribution in [0.1, 0.15) is 11.3 Å². The van der Waals surface area contributed by atoms with E-state index in [4.69, 9.17) is 23.2 Å². The monoisotopic (exact) mass is 360 g/mol. The van der Waals surface area contributed by atoms with Crippen molar-refractivity contribution in [3.05, 3.63) is 63.9 Å². The number of hydrogen-bond acceptors (Lipinski definition) is 3. The molecule has 1 aromatic carbocycles. The quantitative estimate of drug-likeness (QED) is 0.502. The third-order valence-corrected chi connectivity index (χ3v) is 3.80. The van der Waals surface area contributed by atoms with Crippen LogP contribution in [0, 0.1) is 18.3 Å². The molecule has 122 valence electrons. The minimum Gasteiger partial charge on any atom is -0.348 e. The van der Waals surface area contributed by atoms with Crippen molar-refractivity contribution in [1.82, 2.24) is 15.1 Å². The molecule has 1 amide bonds. The van der Waals surface area contributed by atoms with Gasteiger partial charge in [-0.1, -0.05) is 29.3 Å². The van der Waals surface area contributed by atoms with E-state index in [2.05, 4.69) is 17.0 Å². The topological polar surface area (TPSA) is 70.7 Å². The highest BCUT2D eigenvalue weighted by Crippen LogP contribution is 2.26. The lowest BCUT2D eigenvalue weighted by Gasteiger charge is -2.03. The molecule has 0 aliphatic rings. The van der Waals surface area contributed by atoms with Gasteiger partial charge in [-0.05, 0) is 37.3 Å². The zero-order valence-electron chi connectivity index (χ0n) is 12.9. The number of aryl methyl sites for hydroxylation is 1. The molecule has 5 nitrogen and oxygen atoms in total. The average Bonchev–Trinajstić information content (AvgIpc) is 2.85. The first kappa shape index (κ1) is 17.8. The van der Waals surface area contributed by atoms with Crippen LogP contribution in [-0.2, 0) is 4.79 Å². The van der Waals surface area contributed by atoms with E-state index in [1.807, 2.05) is 6.07 Å². The smallest absolute Gasteiger partial charge is 0.262 e. The summed E-state index contributed by atoms with van der Waals surface area (Å²) in [7, 11) is 0. The van der Waals surface area contributed by atoms with Gasteiger partial charge in [0.05, 0.1) is 11.4 Å². The Balaban J connectivity index is 2.43. The van der Waals surface area contributed by atoms with Crippen molar-refractivity contribution >= 4 is 35.2 Å². The molecule has 0 unspecified atom stereocenters. The van der Waals surface area contributed by atoms with Gasteiger partial charge in [0.25, 0.3) is 5.91 Å². The highest BCUT2D eigenvalue weighted by molar-refractivity contribution is 6.31. The molecule has 0 aliphatic carbocycles. The maximum absolute atomic E-state index is 11.9. The van der Waals surface area contributed by atoms with Gasteiger partial charge in [0, 0.05) is 17.1 Å². The number of halogens is 2. The molecule has 1 heterocycles. The van der Waals surface area contributed by atoms with E-state index >= 15 is 0 Å². The summed E-state index contributed by atoms with van der Waals surface area (Å²) in [5.74, 6) is -0.493. The Kier molecular flexibility index (Phi) is 5.80. The molecular weight excluding hydrogens is 347 g/mol. The number of nitrogens with zero attached hydrogens (tertiary/aromatic N) is 3. The molecule has 0 fully saturated rings. The summed E-state index contributed by atoms with van der Waals surface area (Å²) in [5, 5.41) is 17.0. The van der Waals surface area contributed by atoms with Gasteiger partial charge in [0.2, 0.25) is 0 Å². The Hall–Kier alpha value is -2.55. The molecule has 0 atom stereocenters. The lowest BCUT2D eigenvalue weighted by molar-refractivity contribution is -0.116. The zero-order valence-corrected chi connectivity index (χ0v) is 14.4. The fourth-order valence-electron chi connectivity index (χ4n) is 1.98. The summed E-state index contributed by atoms with van der Waals surface area (Å²) >= 11 is 12.3. The summed E-state index contributed by atoms with van der Waals surface area (Å²) in [5.41, 5.74) is 1.77. The SMILES string of the molecule is C=CCNC(=O)/C(C#N)=C/c1c(C)nn(-c2ccc(Cl)cc2)c1Cl. The molecular formula is C17H14Cl2N4O. The van der Waals surface area contributed by atoms with Crippen LogP contribution in [0.2, 0.25) is 10.2 Å². The number of carbonyl (C=O) groups is 1. The fourth-order valence-corrected chi connectivity index (χ4v) is 2.43. The molecule has 24 heavy (non-hydrogen) atoms. The molecule has 2 rings (SSSR count). The maximum Gasteiger partial charge on any atom is 0.262 e. The number of nitriles is 1.